The predicted molar refractivity (Wildman–Crippen MR) is 35.6 cm³/mol. The topological polar surface area (TPSA) is 49.6 Å². The molecule has 49 valence electrons. The molecule has 0 atom stereocenters. The van der Waals surface area contributed by atoms with Crippen LogP contribution in [0.15, 0.2) is 0 Å². The first-order valence-electron chi connectivity index (χ1n) is 2.25. The van der Waals surface area contributed by atoms with Crippen LogP contribution in [0.3, 0.4) is 0 Å². The van der Waals surface area contributed by atoms with Crippen molar-refractivity contribution in [2.45, 2.75) is 0 Å². The third-order valence-corrected chi connectivity index (χ3v) is 1.37. The molecule has 1 aromatic heterocycles. The summed E-state index contributed by atoms with van der Waals surface area (Å²) >= 11 is 10.9. The second-order valence-corrected chi connectivity index (χ2v) is 2.11. The Morgan fingerprint density at radius 2 is 1.80 bits per heavy atom. The lowest BCUT2D eigenvalue weighted by Gasteiger charge is -1.91. The van der Waals surface area contributed by atoms with Gasteiger partial charge >= 0.3 is 0 Å². The van der Waals surface area contributed by atoms with Crippen molar-refractivity contribution in [1.29, 1.82) is 5.26 Å². The fourth-order valence-corrected chi connectivity index (χ4v) is 0.789. The van der Waals surface area contributed by atoms with Gasteiger partial charge in [-0.3, -0.25) is 0 Å². The van der Waals surface area contributed by atoms with Crippen molar-refractivity contribution >= 4 is 23.2 Å². The van der Waals surface area contributed by atoms with E-state index in [2.05, 4.69) is 16.3 Å². The first kappa shape index (κ1) is 7.26. The molecule has 0 aliphatic heterocycles. The summed E-state index contributed by atoms with van der Waals surface area (Å²) < 4.78 is 0. The van der Waals surface area contributed by atoms with Crippen molar-refractivity contribution in [3.63, 3.8) is 0 Å². The van der Waals surface area contributed by atoms with Crippen LogP contribution in [0.5, 0.6) is 0 Å². The number of halogens is 2. The summed E-state index contributed by atoms with van der Waals surface area (Å²) in [6.45, 7) is 0. The number of nitrogens with zero attached hydrogens (tertiary/aromatic N) is 3. The summed E-state index contributed by atoms with van der Waals surface area (Å²) in [5.74, 6) is 0. The molecule has 1 radical (unpaired) electrons. The Hall–Kier alpha value is -0.850. The van der Waals surface area contributed by atoms with E-state index in [1.54, 1.807) is 6.07 Å². The third-order valence-electron chi connectivity index (χ3n) is 0.821. The Bertz CT molecular complexity index is 271. The first-order valence-corrected chi connectivity index (χ1v) is 3.00. The lowest BCUT2D eigenvalue weighted by molar-refractivity contribution is 1.13. The molecular formula is C5Cl2N3. The summed E-state index contributed by atoms with van der Waals surface area (Å²) in [5.41, 5.74) is 0.0853. The molecule has 0 amide bonds. The summed E-state index contributed by atoms with van der Waals surface area (Å²) in [4.78, 5) is 6.87. The molecule has 1 rings (SSSR count). The van der Waals surface area contributed by atoms with Gasteiger partial charge in [0.05, 0.1) is 0 Å². The Labute approximate surface area is 67.2 Å². The third kappa shape index (κ3) is 1.18. The Kier molecular flexibility index (Phi) is 2.05. The number of hydrogen-bond acceptors (Lipinski definition) is 3. The lowest BCUT2D eigenvalue weighted by atomic mass is 10.4. The monoisotopic (exact) mass is 172 g/mol. The van der Waals surface area contributed by atoms with Gasteiger partial charge < -0.3 is 0 Å². The molecule has 0 fully saturated rings. The SMILES string of the molecule is N#Cc1c(Cl)n[c]nc1Cl. The normalized spacial score (nSPS) is 8.90. The predicted octanol–water partition coefficient (Wildman–Crippen LogP) is 1.46. The molecule has 0 saturated carbocycles. The van der Waals surface area contributed by atoms with Crippen LogP contribution in [-0.4, -0.2) is 9.97 Å². The van der Waals surface area contributed by atoms with Gasteiger partial charge in [0.15, 0.2) is 10.3 Å². The van der Waals surface area contributed by atoms with E-state index in [1.165, 1.54) is 0 Å². The highest BCUT2D eigenvalue weighted by atomic mass is 35.5. The minimum absolute atomic E-state index is 0.0301. The molecule has 0 N–H and O–H groups in total. The van der Waals surface area contributed by atoms with Crippen LogP contribution >= 0.6 is 23.2 Å². The maximum Gasteiger partial charge on any atom is 0.200 e. The van der Waals surface area contributed by atoms with Gasteiger partial charge in [0.2, 0.25) is 6.33 Å². The van der Waals surface area contributed by atoms with E-state index in [1.807, 2.05) is 0 Å². The first-order chi connectivity index (χ1) is 4.75. The Balaban J connectivity index is 3.34. The van der Waals surface area contributed by atoms with Crippen LogP contribution in [-0.2, 0) is 0 Å². The summed E-state index contributed by atoms with van der Waals surface area (Å²) in [7, 11) is 0. The molecule has 10 heavy (non-hydrogen) atoms. The zero-order chi connectivity index (χ0) is 7.56. The smallest absolute Gasteiger partial charge is 0.200 e. The number of nitriles is 1. The van der Waals surface area contributed by atoms with Crippen LogP contribution in [0.25, 0.3) is 0 Å². The maximum absolute atomic E-state index is 8.39. The van der Waals surface area contributed by atoms with E-state index < -0.39 is 0 Å². The fourth-order valence-electron chi connectivity index (χ4n) is 0.402. The molecule has 0 aliphatic rings. The van der Waals surface area contributed by atoms with E-state index in [0.717, 1.165) is 0 Å². The second-order valence-electron chi connectivity index (χ2n) is 1.39. The summed E-state index contributed by atoms with van der Waals surface area (Å²) in [5, 5.41) is 8.45. The van der Waals surface area contributed by atoms with E-state index in [9.17, 15) is 0 Å². The van der Waals surface area contributed by atoms with E-state index >= 15 is 0 Å². The molecule has 0 aromatic carbocycles. The van der Waals surface area contributed by atoms with Crippen molar-refractivity contribution < 1.29 is 0 Å². The van der Waals surface area contributed by atoms with Gasteiger partial charge in [-0.2, -0.15) is 5.26 Å². The van der Waals surface area contributed by atoms with Crippen molar-refractivity contribution in [2.24, 2.45) is 0 Å². The lowest BCUT2D eigenvalue weighted by Crippen LogP contribution is -1.87. The zero-order valence-electron chi connectivity index (χ0n) is 4.60. The average molecular weight is 173 g/mol. The number of rotatable bonds is 0. The zero-order valence-corrected chi connectivity index (χ0v) is 6.11. The van der Waals surface area contributed by atoms with Crippen molar-refractivity contribution in [2.75, 3.05) is 0 Å². The van der Waals surface area contributed by atoms with Crippen LogP contribution < -0.4 is 0 Å². The highest BCUT2D eigenvalue weighted by Crippen LogP contribution is 2.17. The molecule has 0 bridgehead atoms. The van der Waals surface area contributed by atoms with Crippen LogP contribution in [0.2, 0.25) is 10.3 Å². The second kappa shape index (κ2) is 2.82. The molecular weight excluding hydrogens is 173 g/mol. The van der Waals surface area contributed by atoms with Gasteiger partial charge in [0.25, 0.3) is 0 Å². The van der Waals surface area contributed by atoms with Gasteiger partial charge in [0, 0.05) is 0 Å². The quantitative estimate of drug-likeness (QED) is 0.558. The Morgan fingerprint density at radius 3 is 2.10 bits per heavy atom. The van der Waals surface area contributed by atoms with Gasteiger partial charge in [-0.15, -0.1) is 0 Å². The van der Waals surface area contributed by atoms with Crippen molar-refractivity contribution in [1.82, 2.24) is 9.97 Å². The van der Waals surface area contributed by atoms with Gasteiger partial charge in [-0.05, 0) is 0 Å². The van der Waals surface area contributed by atoms with Crippen molar-refractivity contribution in [3.05, 3.63) is 22.2 Å². The summed E-state index contributed by atoms with van der Waals surface area (Å²) in [6, 6.07) is 1.75. The number of aromatic nitrogens is 2. The van der Waals surface area contributed by atoms with E-state index in [0.29, 0.717) is 0 Å². The van der Waals surface area contributed by atoms with E-state index in [4.69, 9.17) is 28.5 Å². The molecule has 0 aliphatic carbocycles. The number of hydrogen-bond donors (Lipinski definition) is 0. The highest BCUT2D eigenvalue weighted by Gasteiger charge is 2.05. The molecule has 0 saturated heterocycles. The van der Waals surface area contributed by atoms with Crippen LogP contribution in [0, 0.1) is 17.7 Å². The average Bonchev–Trinajstić information content (AvgIpc) is 1.88. The standard InChI is InChI=1S/C5Cl2N3/c6-4-3(1-8)5(7)10-2-9-4. The van der Waals surface area contributed by atoms with Crippen LogP contribution in [0.4, 0.5) is 0 Å². The van der Waals surface area contributed by atoms with Gasteiger partial charge in [-0.25, -0.2) is 9.97 Å². The van der Waals surface area contributed by atoms with Crippen molar-refractivity contribution in [3.8, 4) is 6.07 Å². The molecule has 1 heterocycles. The minimum atomic E-state index is 0.0301. The van der Waals surface area contributed by atoms with Gasteiger partial charge in [-0.1, -0.05) is 23.2 Å². The maximum atomic E-state index is 8.39. The molecule has 0 spiro atoms. The largest absolute Gasteiger partial charge is 0.212 e. The fraction of sp³-hybridized carbons (Fsp3) is 0. The van der Waals surface area contributed by atoms with Crippen LogP contribution in [0.1, 0.15) is 5.56 Å². The highest BCUT2D eigenvalue weighted by molar-refractivity contribution is 6.35. The summed E-state index contributed by atoms with van der Waals surface area (Å²) in [6.07, 6.45) is 2.19. The van der Waals surface area contributed by atoms with Gasteiger partial charge in [0.1, 0.15) is 11.6 Å². The van der Waals surface area contributed by atoms with E-state index in [-0.39, 0.29) is 15.9 Å². The molecule has 5 heteroatoms. The molecule has 0 unspecified atom stereocenters. The minimum Gasteiger partial charge on any atom is -0.212 e. The molecule has 3 nitrogen and oxygen atoms in total. The molecule has 1 aromatic rings. The Morgan fingerprint density at radius 1 is 1.30 bits per heavy atom.